The highest BCUT2D eigenvalue weighted by Crippen LogP contribution is 2.25. The van der Waals surface area contributed by atoms with E-state index in [2.05, 4.69) is 55.6 Å². The molecule has 0 spiro atoms. The van der Waals surface area contributed by atoms with Crippen LogP contribution in [0.5, 0.6) is 5.75 Å². The maximum Gasteiger partial charge on any atom is 0.118 e. The van der Waals surface area contributed by atoms with Crippen molar-refractivity contribution >= 4 is 0 Å². The maximum absolute atomic E-state index is 5.20. The standard InChI is InChI=1S/C18H23NO/c1-4-12-19-14(2)16-6-5-7-17(13-16)15-8-10-18(20-3)11-9-15/h5-11,13-14,19H,4,12H2,1-3H3. The molecular formula is C18H23NO. The van der Waals surface area contributed by atoms with E-state index in [1.54, 1.807) is 7.11 Å². The normalized spacial score (nSPS) is 12.2. The van der Waals surface area contributed by atoms with Gasteiger partial charge in [0.25, 0.3) is 0 Å². The summed E-state index contributed by atoms with van der Waals surface area (Å²) in [5, 5.41) is 3.53. The molecule has 0 aliphatic carbocycles. The molecule has 0 aliphatic rings. The minimum atomic E-state index is 0.383. The van der Waals surface area contributed by atoms with Gasteiger partial charge in [-0.1, -0.05) is 37.3 Å². The van der Waals surface area contributed by atoms with Gasteiger partial charge in [-0.15, -0.1) is 0 Å². The lowest BCUT2D eigenvalue weighted by molar-refractivity contribution is 0.415. The van der Waals surface area contributed by atoms with Gasteiger partial charge in [0.05, 0.1) is 7.11 Å². The van der Waals surface area contributed by atoms with Crippen LogP contribution < -0.4 is 10.1 Å². The minimum absolute atomic E-state index is 0.383. The summed E-state index contributed by atoms with van der Waals surface area (Å²) in [5.74, 6) is 0.892. The fourth-order valence-corrected chi connectivity index (χ4v) is 2.25. The predicted octanol–water partition coefficient (Wildman–Crippen LogP) is 4.42. The summed E-state index contributed by atoms with van der Waals surface area (Å²) in [6, 6.07) is 17.3. The van der Waals surface area contributed by atoms with Crippen LogP contribution in [0.25, 0.3) is 11.1 Å². The molecule has 0 saturated carbocycles. The zero-order chi connectivity index (χ0) is 14.4. The summed E-state index contributed by atoms with van der Waals surface area (Å²) in [6.07, 6.45) is 1.16. The topological polar surface area (TPSA) is 21.3 Å². The maximum atomic E-state index is 5.20. The highest BCUT2D eigenvalue weighted by Gasteiger charge is 2.06. The molecule has 1 atom stereocenters. The van der Waals surface area contributed by atoms with Crippen molar-refractivity contribution in [2.24, 2.45) is 0 Å². The summed E-state index contributed by atoms with van der Waals surface area (Å²) in [6.45, 7) is 5.45. The summed E-state index contributed by atoms with van der Waals surface area (Å²) in [5.41, 5.74) is 3.79. The Hall–Kier alpha value is -1.80. The van der Waals surface area contributed by atoms with Crippen LogP contribution in [0.1, 0.15) is 31.9 Å². The van der Waals surface area contributed by atoms with Crippen molar-refractivity contribution in [2.75, 3.05) is 13.7 Å². The van der Waals surface area contributed by atoms with Crippen molar-refractivity contribution in [1.29, 1.82) is 0 Å². The Labute approximate surface area is 121 Å². The highest BCUT2D eigenvalue weighted by molar-refractivity contribution is 5.65. The number of ether oxygens (including phenoxy) is 1. The van der Waals surface area contributed by atoms with Gasteiger partial charge in [0.15, 0.2) is 0 Å². The molecule has 1 unspecified atom stereocenters. The fourth-order valence-electron chi connectivity index (χ4n) is 2.25. The largest absolute Gasteiger partial charge is 0.497 e. The Bertz CT molecular complexity index is 533. The number of methoxy groups -OCH3 is 1. The van der Waals surface area contributed by atoms with Crippen molar-refractivity contribution in [2.45, 2.75) is 26.3 Å². The molecule has 0 aromatic heterocycles. The molecule has 20 heavy (non-hydrogen) atoms. The van der Waals surface area contributed by atoms with Gasteiger partial charge in [0, 0.05) is 6.04 Å². The summed E-state index contributed by atoms with van der Waals surface area (Å²) in [4.78, 5) is 0. The molecule has 1 N–H and O–H groups in total. The molecule has 0 amide bonds. The second kappa shape index (κ2) is 7.11. The second-order valence-electron chi connectivity index (χ2n) is 5.03. The number of benzene rings is 2. The Kier molecular flexibility index (Phi) is 5.19. The molecule has 2 nitrogen and oxygen atoms in total. The van der Waals surface area contributed by atoms with Gasteiger partial charge >= 0.3 is 0 Å². The van der Waals surface area contributed by atoms with Gasteiger partial charge in [-0.25, -0.2) is 0 Å². The molecule has 2 rings (SSSR count). The molecule has 106 valence electrons. The lowest BCUT2D eigenvalue weighted by atomic mass is 10.00. The number of hydrogen-bond acceptors (Lipinski definition) is 2. The first-order valence-corrected chi connectivity index (χ1v) is 7.22. The Morgan fingerprint density at radius 2 is 1.80 bits per heavy atom. The van der Waals surface area contributed by atoms with Crippen LogP contribution in [-0.2, 0) is 0 Å². The number of rotatable bonds is 6. The molecule has 0 radical (unpaired) electrons. The van der Waals surface area contributed by atoms with Crippen molar-refractivity contribution in [1.82, 2.24) is 5.32 Å². The van der Waals surface area contributed by atoms with Gasteiger partial charge in [-0.05, 0) is 54.8 Å². The van der Waals surface area contributed by atoms with E-state index in [1.165, 1.54) is 16.7 Å². The third-order valence-corrected chi connectivity index (χ3v) is 3.51. The average molecular weight is 269 g/mol. The van der Waals surface area contributed by atoms with E-state index in [1.807, 2.05) is 12.1 Å². The quantitative estimate of drug-likeness (QED) is 0.838. The van der Waals surface area contributed by atoms with E-state index in [-0.39, 0.29) is 0 Å². The van der Waals surface area contributed by atoms with Gasteiger partial charge in [-0.3, -0.25) is 0 Å². The Balaban J connectivity index is 2.19. The van der Waals surface area contributed by atoms with E-state index in [9.17, 15) is 0 Å². The van der Waals surface area contributed by atoms with Crippen LogP contribution >= 0.6 is 0 Å². The SMILES string of the molecule is CCCNC(C)c1cccc(-c2ccc(OC)cc2)c1. The first-order valence-electron chi connectivity index (χ1n) is 7.22. The minimum Gasteiger partial charge on any atom is -0.497 e. The third kappa shape index (κ3) is 3.61. The molecule has 0 saturated heterocycles. The molecule has 0 fully saturated rings. The van der Waals surface area contributed by atoms with Gasteiger partial charge in [0.1, 0.15) is 5.75 Å². The number of hydrogen-bond donors (Lipinski definition) is 1. The zero-order valence-corrected chi connectivity index (χ0v) is 12.5. The second-order valence-corrected chi connectivity index (χ2v) is 5.03. The Morgan fingerprint density at radius 3 is 2.45 bits per heavy atom. The van der Waals surface area contributed by atoms with E-state index >= 15 is 0 Å². The first kappa shape index (κ1) is 14.6. The smallest absolute Gasteiger partial charge is 0.118 e. The van der Waals surface area contributed by atoms with Gasteiger partial charge in [-0.2, -0.15) is 0 Å². The molecule has 2 aromatic rings. The van der Waals surface area contributed by atoms with Crippen LogP contribution in [0.4, 0.5) is 0 Å². The summed E-state index contributed by atoms with van der Waals surface area (Å²) >= 11 is 0. The molecule has 2 heteroatoms. The predicted molar refractivity (Wildman–Crippen MR) is 85.1 cm³/mol. The summed E-state index contributed by atoms with van der Waals surface area (Å²) < 4.78 is 5.20. The van der Waals surface area contributed by atoms with Crippen molar-refractivity contribution in [3.05, 3.63) is 54.1 Å². The summed E-state index contributed by atoms with van der Waals surface area (Å²) in [7, 11) is 1.69. The third-order valence-electron chi connectivity index (χ3n) is 3.51. The van der Waals surface area contributed by atoms with Crippen LogP contribution in [-0.4, -0.2) is 13.7 Å². The van der Waals surface area contributed by atoms with E-state index in [0.717, 1.165) is 18.7 Å². The van der Waals surface area contributed by atoms with E-state index in [0.29, 0.717) is 6.04 Å². The molecule has 0 aliphatic heterocycles. The number of nitrogens with one attached hydrogen (secondary N) is 1. The molecular weight excluding hydrogens is 246 g/mol. The van der Waals surface area contributed by atoms with Crippen LogP contribution in [0.15, 0.2) is 48.5 Å². The average Bonchev–Trinajstić information content (AvgIpc) is 2.52. The lowest BCUT2D eigenvalue weighted by Gasteiger charge is -2.15. The van der Waals surface area contributed by atoms with Crippen molar-refractivity contribution < 1.29 is 4.74 Å². The highest BCUT2D eigenvalue weighted by atomic mass is 16.5. The van der Waals surface area contributed by atoms with Crippen LogP contribution in [0.3, 0.4) is 0 Å². The van der Waals surface area contributed by atoms with Crippen LogP contribution in [0, 0.1) is 0 Å². The van der Waals surface area contributed by atoms with Gasteiger partial charge < -0.3 is 10.1 Å². The monoisotopic (exact) mass is 269 g/mol. The zero-order valence-electron chi connectivity index (χ0n) is 12.5. The van der Waals surface area contributed by atoms with E-state index < -0.39 is 0 Å². The molecule has 2 aromatic carbocycles. The van der Waals surface area contributed by atoms with E-state index in [4.69, 9.17) is 4.74 Å². The first-order chi connectivity index (χ1) is 9.74. The van der Waals surface area contributed by atoms with Crippen molar-refractivity contribution in [3.63, 3.8) is 0 Å². The van der Waals surface area contributed by atoms with Crippen LogP contribution in [0.2, 0.25) is 0 Å². The van der Waals surface area contributed by atoms with Gasteiger partial charge in [0.2, 0.25) is 0 Å². The molecule has 0 bridgehead atoms. The Morgan fingerprint density at radius 1 is 1.05 bits per heavy atom. The lowest BCUT2D eigenvalue weighted by Crippen LogP contribution is -2.19. The molecule has 0 heterocycles. The van der Waals surface area contributed by atoms with Crippen molar-refractivity contribution in [3.8, 4) is 16.9 Å². The fraction of sp³-hybridized carbons (Fsp3) is 0.333.